The van der Waals surface area contributed by atoms with Gasteiger partial charge in [0.15, 0.2) is 0 Å². The Hall–Kier alpha value is -1.63. The standard InChI is InChI=1S/C21H29N3/c1-16-3-2-4-20(21(16)15-22)18-10-13-24(14-11-18)12-9-17-5-7-19(23)8-6-17/h2-4,10,17,19H,5-9,11-14,23H2,1H3. The van der Waals surface area contributed by atoms with Gasteiger partial charge in [0.25, 0.3) is 0 Å². The van der Waals surface area contributed by atoms with Gasteiger partial charge in [0.1, 0.15) is 6.07 Å². The first kappa shape index (κ1) is 17.2. The fraction of sp³-hybridized carbons (Fsp3) is 0.571. The molecule has 3 heteroatoms. The fourth-order valence-electron chi connectivity index (χ4n) is 4.08. The van der Waals surface area contributed by atoms with Crippen molar-refractivity contribution in [1.82, 2.24) is 4.90 Å². The molecule has 2 aliphatic rings. The van der Waals surface area contributed by atoms with Gasteiger partial charge in [0, 0.05) is 19.1 Å². The van der Waals surface area contributed by atoms with E-state index in [4.69, 9.17) is 5.73 Å². The summed E-state index contributed by atoms with van der Waals surface area (Å²) in [6.45, 7) is 5.34. The molecule has 1 aromatic rings. The molecule has 0 radical (unpaired) electrons. The van der Waals surface area contributed by atoms with Gasteiger partial charge in [-0.3, -0.25) is 4.90 Å². The molecule has 1 aromatic carbocycles. The molecule has 1 aliphatic carbocycles. The van der Waals surface area contributed by atoms with Crippen molar-refractivity contribution in [2.45, 2.75) is 51.5 Å². The van der Waals surface area contributed by atoms with Crippen molar-refractivity contribution < 1.29 is 0 Å². The van der Waals surface area contributed by atoms with Crippen molar-refractivity contribution in [1.29, 1.82) is 5.26 Å². The highest BCUT2D eigenvalue weighted by Gasteiger charge is 2.20. The van der Waals surface area contributed by atoms with E-state index in [-0.39, 0.29) is 0 Å². The second kappa shape index (κ2) is 7.96. The number of nitrogens with zero attached hydrogens (tertiary/aromatic N) is 2. The maximum atomic E-state index is 9.43. The first-order chi connectivity index (χ1) is 11.7. The molecule has 128 valence electrons. The van der Waals surface area contributed by atoms with Gasteiger partial charge >= 0.3 is 0 Å². The van der Waals surface area contributed by atoms with Gasteiger partial charge in [-0.05, 0) is 74.6 Å². The highest BCUT2D eigenvalue weighted by Crippen LogP contribution is 2.29. The summed E-state index contributed by atoms with van der Waals surface area (Å²) < 4.78 is 0. The fourth-order valence-corrected chi connectivity index (χ4v) is 4.08. The molecule has 0 aromatic heterocycles. The monoisotopic (exact) mass is 323 g/mol. The largest absolute Gasteiger partial charge is 0.328 e. The van der Waals surface area contributed by atoms with Crippen LogP contribution in [0.5, 0.6) is 0 Å². The van der Waals surface area contributed by atoms with Crippen LogP contribution < -0.4 is 5.73 Å². The van der Waals surface area contributed by atoms with Crippen molar-refractivity contribution in [3.05, 3.63) is 41.0 Å². The summed E-state index contributed by atoms with van der Waals surface area (Å²) in [6, 6.07) is 9.01. The van der Waals surface area contributed by atoms with Gasteiger partial charge in [0.2, 0.25) is 0 Å². The van der Waals surface area contributed by atoms with Gasteiger partial charge in [-0.15, -0.1) is 0 Å². The van der Waals surface area contributed by atoms with Crippen LogP contribution >= 0.6 is 0 Å². The van der Waals surface area contributed by atoms with Crippen LogP contribution in [0.3, 0.4) is 0 Å². The summed E-state index contributed by atoms with van der Waals surface area (Å²) >= 11 is 0. The lowest BCUT2D eigenvalue weighted by molar-refractivity contribution is 0.240. The lowest BCUT2D eigenvalue weighted by Gasteiger charge is -2.30. The van der Waals surface area contributed by atoms with Crippen molar-refractivity contribution in [3.8, 4) is 6.07 Å². The summed E-state index contributed by atoms with van der Waals surface area (Å²) in [5, 5.41) is 9.43. The quantitative estimate of drug-likeness (QED) is 0.915. The topological polar surface area (TPSA) is 53.0 Å². The third-order valence-electron chi connectivity index (χ3n) is 5.77. The van der Waals surface area contributed by atoms with E-state index >= 15 is 0 Å². The Kier molecular flexibility index (Phi) is 5.71. The summed E-state index contributed by atoms with van der Waals surface area (Å²) in [5.41, 5.74) is 10.4. The molecule has 0 atom stereocenters. The second-order valence-corrected chi connectivity index (χ2v) is 7.46. The minimum Gasteiger partial charge on any atom is -0.328 e. The van der Waals surface area contributed by atoms with Gasteiger partial charge in [-0.2, -0.15) is 5.26 Å². The zero-order chi connectivity index (χ0) is 16.9. The normalized spacial score (nSPS) is 25.1. The Morgan fingerprint density at radius 1 is 1.25 bits per heavy atom. The first-order valence-corrected chi connectivity index (χ1v) is 9.34. The maximum absolute atomic E-state index is 9.43. The van der Waals surface area contributed by atoms with Crippen molar-refractivity contribution >= 4 is 5.57 Å². The molecule has 0 spiro atoms. The van der Waals surface area contributed by atoms with E-state index < -0.39 is 0 Å². The van der Waals surface area contributed by atoms with Crippen LogP contribution in [-0.2, 0) is 0 Å². The SMILES string of the molecule is Cc1cccc(C2=CCN(CCC3CCC(N)CC3)CC2)c1C#N. The molecular weight excluding hydrogens is 294 g/mol. The third-order valence-corrected chi connectivity index (χ3v) is 5.77. The van der Waals surface area contributed by atoms with E-state index in [1.165, 1.54) is 44.2 Å². The smallest absolute Gasteiger partial charge is 0.100 e. The predicted molar refractivity (Wildman–Crippen MR) is 99.5 cm³/mol. The van der Waals surface area contributed by atoms with Crippen LogP contribution in [0.1, 0.15) is 55.2 Å². The molecule has 0 bridgehead atoms. The minimum absolute atomic E-state index is 0.449. The lowest BCUT2D eigenvalue weighted by atomic mass is 9.84. The average Bonchev–Trinajstić information content (AvgIpc) is 2.61. The average molecular weight is 323 g/mol. The molecule has 24 heavy (non-hydrogen) atoms. The van der Waals surface area contributed by atoms with Crippen LogP contribution in [0.2, 0.25) is 0 Å². The van der Waals surface area contributed by atoms with Gasteiger partial charge in [0.05, 0.1) is 5.56 Å². The predicted octanol–water partition coefficient (Wildman–Crippen LogP) is 3.86. The molecule has 3 rings (SSSR count). The number of aryl methyl sites for hydroxylation is 1. The molecular formula is C21H29N3. The van der Waals surface area contributed by atoms with Crippen LogP contribution in [0.15, 0.2) is 24.3 Å². The van der Waals surface area contributed by atoms with Crippen molar-refractivity contribution in [3.63, 3.8) is 0 Å². The summed E-state index contributed by atoms with van der Waals surface area (Å²) in [4.78, 5) is 2.56. The molecule has 1 aliphatic heterocycles. The Morgan fingerprint density at radius 2 is 2.04 bits per heavy atom. The van der Waals surface area contributed by atoms with Crippen LogP contribution in [0.25, 0.3) is 5.57 Å². The van der Waals surface area contributed by atoms with Crippen molar-refractivity contribution in [2.24, 2.45) is 11.7 Å². The molecule has 1 fully saturated rings. The molecule has 0 saturated heterocycles. The first-order valence-electron chi connectivity index (χ1n) is 9.34. The second-order valence-electron chi connectivity index (χ2n) is 7.46. The number of hydrogen-bond donors (Lipinski definition) is 1. The Morgan fingerprint density at radius 3 is 2.71 bits per heavy atom. The highest BCUT2D eigenvalue weighted by molar-refractivity contribution is 5.72. The molecule has 1 heterocycles. The van der Waals surface area contributed by atoms with Crippen molar-refractivity contribution in [2.75, 3.05) is 19.6 Å². The number of nitrogens with two attached hydrogens (primary N) is 1. The molecule has 0 unspecified atom stereocenters. The summed E-state index contributed by atoms with van der Waals surface area (Å²) in [7, 11) is 0. The zero-order valence-corrected chi connectivity index (χ0v) is 14.8. The lowest BCUT2D eigenvalue weighted by Crippen LogP contribution is -2.32. The van der Waals surface area contributed by atoms with E-state index in [1.807, 2.05) is 13.0 Å². The molecule has 1 saturated carbocycles. The molecule has 0 amide bonds. The van der Waals surface area contributed by atoms with E-state index in [2.05, 4.69) is 29.2 Å². The highest BCUT2D eigenvalue weighted by atomic mass is 15.1. The summed E-state index contributed by atoms with van der Waals surface area (Å²) in [5.74, 6) is 0.872. The Labute approximate surface area is 146 Å². The number of benzene rings is 1. The maximum Gasteiger partial charge on any atom is 0.100 e. The Bertz CT molecular complexity index is 633. The van der Waals surface area contributed by atoms with E-state index in [0.717, 1.165) is 42.1 Å². The number of hydrogen-bond acceptors (Lipinski definition) is 3. The van der Waals surface area contributed by atoms with Gasteiger partial charge in [-0.25, -0.2) is 0 Å². The Balaban J connectivity index is 1.55. The van der Waals surface area contributed by atoms with E-state index in [9.17, 15) is 5.26 Å². The van der Waals surface area contributed by atoms with Gasteiger partial charge < -0.3 is 5.73 Å². The van der Waals surface area contributed by atoms with Crippen LogP contribution in [-0.4, -0.2) is 30.6 Å². The number of nitriles is 1. The molecule has 3 nitrogen and oxygen atoms in total. The molecule has 2 N–H and O–H groups in total. The zero-order valence-electron chi connectivity index (χ0n) is 14.8. The van der Waals surface area contributed by atoms with Crippen LogP contribution in [0.4, 0.5) is 0 Å². The minimum atomic E-state index is 0.449. The third kappa shape index (κ3) is 4.06. The van der Waals surface area contributed by atoms with E-state index in [0.29, 0.717) is 6.04 Å². The van der Waals surface area contributed by atoms with E-state index in [1.54, 1.807) is 0 Å². The summed E-state index contributed by atoms with van der Waals surface area (Å²) in [6.07, 6.45) is 9.72. The van der Waals surface area contributed by atoms with Gasteiger partial charge in [-0.1, -0.05) is 24.3 Å². The van der Waals surface area contributed by atoms with Crippen LogP contribution in [0, 0.1) is 24.2 Å². The number of rotatable bonds is 4.